The van der Waals surface area contributed by atoms with Crippen LogP contribution in [0, 0.1) is 0 Å². The fourth-order valence-electron chi connectivity index (χ4n) is 1.73. The Bertz CT molecular complexity index is 363. The topological polar surface area (TPSA) is 21.8 Å². The summed E-state index contributed by atoms with van der Waals surface area (Å²) in [5.74, 6) is -2.40. The van der Waals surface area contributed by atoms with Crippen molar-refractivity contribution in [3.63, 3.8) is 0 Å². The van der Waals surface area contributed by atoms with Gasteiger partial charge in [-0.15, -0.1) is 0 Å². The minimum absolute atomic E-state index is 0.203. The largest absolute Gasteiger partial charge is 0.446 e. The molecular weight excluding hydrogens is 221 g/mol. The minimum atomic E-state index is -4.48. The Balaban J connectivity index is 2.06. The van der Waals surface area contributed by atoms with Gasteiger partial charge in [-0.05, 0) is 5.56 Å². The zero-order valence-corrected chi connectivity index (χ0v) is 8.62. The zero-order chi connectivity index (χ0) is 11.8. The van der Waals surface area contributed by atoms with Crippen LogP contribution in [-0.4, -0.2) is 25.2 Å². The number of benzene rings is 1. The van der Waals surface area contributed by atoms with Gasteiger partial charge in [0.25, 0.3) is 5.79 Å². The van der Waals surface area contributed by atoms with Crippen LogP contribution in [0.2, 0.25) is 0 Å². The van der Waals surface area contributed by atoms with Crippen molar-refractivity contribution in [1.29, 1.82) is 0 Å². The molecule has 88 valence electrons. The smallest absolute Gasteiger partial charge is 0.344 e. The van der Waals surface area contributed by atoms with Crippen LogP contribution in [-0.2, 0) is 15.9 Å². The van der Waals surface area contributed by atoms with Crippen LogP contribution in [0.4, 0.5) is 13.2 Å². The number of rotatable bonds is 3. The predicted molar refractivity (Wildman–Crippen MR) is 50.8 cm³/mol. The summed E-state index contributed by atoms with van der Waals surface area (Å²) in [5, 5.41) is 0. The highest BCUT2D eigenvalue weighted by Gasteiger charge is 2.74. The van der Waals surface area contributed by atoms with E-state index >= 15 is 0 Å². The van der Waals surface area contributed by atoms with Crippen LogP contribution < -0.4 is 0 Å². The SMILES string of the molecule is CO[C@@]1(C(F)(F)F)O[C@@H]1Cc1ccccc1. The van der Waals surface area contributed by atoms with Gasteiger partial charge in [-0.25, -0.2) is 0 Å². The van der Waals surface area contributed by atoms with E-state index in [4.69, 9.17) is 0 Å². The van der Waals surface area contributed by atoms with Crippen molar-refractivity contribution in [3.8, 4) is 0 Å². The van der Waals surface area contributed by atoms with E-state index in [0.29, 0.717) is 0 Å². The lowest BCUT2D eigenvalue weighted by Crippen LogP contribution is -2.37. The van der Waals surface area contributed by atoms with Gasteiger partial charge in [0.15, 0.2) is 0 Å². The van der Waals surface area contributed by atoms with E-state index in [1.54, 1.807) is 24.3 Å². The Labute approximate surface area is 91.0 Å². The molecule has 1 saturated heterocycles. The molecule has 0 radical (unpaired) electrons. The van der Waals surface area contributed by atoms with Crippen LogP contribution in [0.3, 0.4) is 0 Å². The third-order valence-corrected chi connectivity index (χ3v) is 2.65. The maximum Gasteiger partial charge on any atom is 0.446 e. The molecule has 1 aliphatic rings. The molecule has 0 spiro atoms. The predicted octanol–water partition coefficient (Wildman–Crippen LogP) is 2.53. The summed E-state index contributed by atoms with van der Waals surface area (Å²) >= 11 is 0. The van der Waals surface area contributed by atoms with E-state index in [1.165, 1.54) is 0 Å². The van der Waals surface area contributed by atoms with Gasteiger partial charge >= 0.3 is 6.18 Å². The normalized spacial score (nSPS) is 29.1. The molecule has 16 heavy (non-hydrogen) atoms. The van der Waals surface area contributed by atoms with Gasteiger partial charge in [0.1, 0.15) is 6.10 Å². The third kappa shape index (κ3) is 1.81. The second-order valence-corrected chi connectivity index (χ2v) is 3.67. The van der Waals surface area contributed by atoms with E-state index < -0.39 is 18.1 Å². The molecule has 1 aliphatic heterocycles. The van der Waals surface area contributed by atoms with Gasteiger partial charge in [-0.3, -0.25) is 0 Å². The fourth-order valence-corrected chi connectivity index (χ4v) is 1.73. The molecular formula is C11H11F3O2. The van der Waals surface area contributed by atoms with Gasteiger partial charge in [0.2, 0.25) is 0 Å². The van der Waals surface area contributed by atoms with Crippen molar-refractivity contribution in [2.45, 2.75) is 24.5 Å². The average molecular weight is 232 g/mol. The van der Waals surface area contributed by atoms with Crippen LogP contribution in [0.15, 0.2) is 30.3 Å². The average Bonchev–Trinajstić information content (AvgIpc) is 2.94. The van der Waals surface area contributed by atoms with Gasteiger partial charge < -0.3 is 9.47 Å². The Hall–Kier alpha value is -1.07. The molecule has 2 rings (SSSR count). The number of halogens is 3. The number of ether oxygens (including phenoxy) is 2. The fraction of sp³-hybridized carbons (Fsp3) is 0.455. The van der Waals surface area contributed by atoms with Crippen molar-refractivity contribution < 1.29 is 22.6 Å². The van der Waals surface area contributed by atoms with Crippen molar-refractivity contribution in [2.24, 2.45) is 0 Å². The van der Waals surface area contributed by atoms with Crippen LogP contribution >= 0.6 is 0 Å². The molecule has 0 saturated carbocycles. The molecule has 0 aliphatic carbocycles. The summed E-state index contributed by atoms with van der Waals surface area (Å²) in [6.07, 6.45) is -5.23. The maximum absolute atomic E-state index is 12.6. The van der Waals surface area contributed by atoms with Crippen LogP contribution in [0.1, 0.15) is 5.56 Å². The lowest BCUT2D eigenvalue weighted by molar-refractivity contribution is -0.263. The first-order valence-electron chi connectivity index (χ1n) is 4.83. The third-order valence-electron chi connectivity index (χ3n) is 2.65. The Morgan fingerprint density at radius 2 is 1.94 bits per heavy atom. The molecule has 2 atom stereocenters. The van der Waals surface area contributed by atoms with Crippen molar-refractivity contribution in [3.05, 3.63) is 35.9 Å². The first-order valence-corrected chi connectivity index (χ1v) is 4.83. The number of hydrogen-bond donors (Lipinski definition) is 0. The van der Waals surface area contributed by atoms with Gasteiger partial charge in [-0.1, -0.05) is 30.3 Å². The highest BCUT2D eigenvalue weighted by atomic mass is 19.4. The summed E-state index contributed by atoms with van der Waals surface area (Å²) < 4.78 is 46.9. The monoisotopic (exact) mass is 232 g/mol. The molecule has 1 aromatic rings. The first-order chi connectivity index (χ1) is 7.49. The van der Waals surface area contributed by atoms with E-state index in [1.807, 2.05) is 6.07 Å². The molecule has 0 amide bonds. The van der Waals surface area contributed by atoms with Gasteiger partial charge in [-0.2, -0.15) is 13.2 Å². The van der Waals surface area contributed by atoms with Crippen molar-refractivity contribution in [2.75, 3.05) is 7.11 Å². The van der Waals surface area contributed by atoms with Crippen molar-refractivity contribution in [1.82, 2.24) is 0 Å². The van der Waals surface area contributed by atoms with E-state index in [9.17, 15) is 13.2 Å². The van der Waals surface area contributed by atoms with E-state index in [2.05, 4.69) is 9.47 Å². The highest BCUT2D eigenvalue weighted by Crippen LogP contribution is 2.51. The lowest BCUT2D eigenvalue weighted by atomic mass is 10.1. The second-order valence-electron chi connectivity index (χ2n) is 3.67. The number of methoxy groups -OCH3 is 1. The quantitative estimate of drug-likeness (QED) is 0.747. The summed E-state index contributed by atoms with van der Waals surface area (Å²) in [4.78, 5) is 0. The second kappa shape index (κ2) is 3.75. The highest BCUT2D eigenvalue weighted by molar-refractivity contribution is 5.19. The van der Waals surface area contributed by atoms with Crippen LogP contribution in [0.5, 0.6) is 0 Å². The molecule has 0 bridgehead atoms. The molecule has 5 heteroatoms. The standard InChI is InChI=1S/C11H11F3O2/c1-15-10(11(12,13)14)9(16-10)7-8-5-3-2-4-6-8/h2-6,9H,7H2,1H3/t9-,10-/m1/s1. The summed E-state index contributed by atoms with van der Waals surface area (Å²) in [5.41, 5.74) is 0.802. The summed E-state index contributed by atoms with van der Waals surface area (Å²) in [6, 6.07) is 8.89. The van der Waals surface area contributed by atoms with Crippen LogP contribution in [0.25, 0.3) is 0 Å². The molecule has 1 heterocycles. The van der Waals surface area contributed by atoms with Crippen molar-refractivity contribution >= 4 is 0 Å². The molecule has 0 aromatic heterocycles. The lowest BCUT2D eigenvalue weighted by Gasteiger charge is -2.14. The Morgan fingerprint density at radius 3 is 2.38 bits per heavy atom. The summed E-state index contributed by atoms with van der Waals surface area (Å²) in [7, 11) is 1.01. The Kier molecular flexibility index (Phi) is 2.67. The minimum Gasteiger partial charge on any atom is -0.344 e. The number of epoxide rings is 1. The maximum atomic E-state index is 12.6. The van der Waals surface area contributed by atoms with Gasteiger partial charge in [0, 0.05) is 13.5 Å². The summed E-state index contributed by atoms with van der Waals surface area (Å²) in [6.45, 7) is 0. The molecule has 2 nitrogen and oxygen atoms in total. The Morgan fingerprint density at radius 1 is 1.31 bits per heavy atom. The molecule has 1 aromatic carbocycles. The zero-order valence-electron chi connectivity index (χ0n) is 8.62. The molecule has 0 unspecified atom stereocenters. The molecule has 1 fully saturated rings. The van der Waals surface area contributed by atoms with Gasteiger partial charge in [0.05, 0.1) is 0 Å². The first kappa shape index (κ1) is 11.4. The van der Waals surface area contributed by atoms with E-state index in [-0.39, 0.29) is 6.42 Å². The van der Waals surface area contributed by atoms with E-state index in [0.717, 1.165) is 12.7 Å². The number of hydrogen-bond acceptors (Lipinski definition) is 2. The molecule has 0 N–H and O–H groups in total. The number of alkyl halides is 3.